The number of nitro benzene ring substituents is 1. The minimum atomic E-state index is -0.795. The highest BCUT2D eigenvalue weighted by molar-refractivity contribution is 7.99. The van der Waals surface area contributed by atoms with E-state index in [1.807, 2.05) is 19.9 Å². The molecule has 5 rings (SSSR count). The van der Waals surface area contributed by atoms with Gasteiger partial charge in [-0.3, -0.25) is 19.5 Å². The van der Waals surface area contributed by atoms with Crippen molar-refractivity contribution in [1.29, 1.82) is 0 Å². The molecule has 0 spiro atoms. The third-order valence-corrected chi connectivity index (χ3v) is 8.57. The van der Waals surface area contributed by atoms with Crippen LogP contribution in [0.25, 0.3) is 6.08 Å². The van der Waals surface area contributed by atoms with Crippen LogP contribution in [-0.2, 0) is 9.53 Å². The zero-order valence-corrected chi connectivity index (χ0v) is 26.5. The summed E-state index contributed by atoms with van der Waals surface area (Å²) in [5, 5.41) is 12.4. The SMILES string of the molecule is COc1ccc([C@@H]2C(C(=O)OC(C)C)=C(C)N=c3s/c(=C/c4ccc(Sc5nc(C)cc(C)n5)c([N+](=O)[O-])c4)c(=O)n32)cc1. The number of carbonyl (C=O) groups is 1. The molecule has 0 aliphatic carbocycles. The molecule has 2 aromatic heterocycles. The Morgan fingerprint density at radius 1 is 1.09 bits per heavy atom. The molecule has 1 aliphatic rings. The van der Waals surface area contributed by atoms with Crippen LogP contribution in [0.5, 0.6) is 5.75 Å². The van der Waals surface area contributed by atoms with E-state index >= 15 is 0 Å². The number of benzene rings is 2. The Balaban J connectivity index is 1.61. The van der Waals surface area contributed by atoms with E-state index in [2.05, 4.69) is 15.0 Å². The molecule has 13 heteroatoms. The predicted octanol–water partition coefficient (Wildman–Crippen LogP) is 4.66. The summed E-state index contributed by atoms with van der Waals surface area (Å²) in [7, 11) is 1.56. The third-order valence-electron chi connectivity index (χ3n) is 6.66. The van der Waals surface area contributed by atoms with Crippen molar-refractivity contribution in [2.45, 2.75) is 56.8 Å². The predicted molar refractivity (Wildman–Crippen MR) is 167 cm³/mol. The van der Waals surface area contributed by atoms with Gasteiger partial charge in [0.05, 0.1) is 44.9 Å². The number of aryl methyl sites for hydroxylation is 2. The number of nitrogens with zero attached hydrogens (tertiary/aromatic N) is 5. The van der Waals surface area contributed by atoms with Crippen LogP contribution in [0.15, 0.2) is 79.6 Å². The Morgan fingerprint density at radius 3 is 2.39 bits per heavy atom. The van der Waals surface area contributed by atoms with Gasteiger partial charge in [0, 0.05) is 17.5 Å². The Labute approximate surface area is 260 Å². The van der Waals surface area contributed by atoms with Crippen molar-refractivity contribution in [3.63, 3.8) is 0 Å². The molecule has 4 aromatic rings. The number of carbonyl (C=O) groups excluding carboxylic acids is 1. The van der Waals surface area contributed by atoms with Crippen molar-refractivity contribution >= 4 is 40.8 Å². The largest absolute Gasteiger partial charge is 0.497 e. The van der Waals surface area contributed by atoms with Crippen LogP contribution < -0.4 is 19.6 Å². The summed E-state index contributed by atoms with van der Waals surface area (Å²) in [6, 6.07) is 12.9. The number of aromatic nitrogens is 3. The van der Waals surface area contributed by atoms with E-state index in [4.69, 9.17) is 9.47 Å². The van der Waals surface area contributed by atoms with Gasteiger partial charge in [-0.2, -0.15) is 0 Å². The van der Waals surface area contributed by atoms with E-state index in [1.54, 1.807) is 70.4 Å². The van der Waals surface area contributed by atoms with Gasteiger partial charge in [0.25, 0.3) is 11.2 Å². The topological polar surface area (TPSA) is 139 Å². The molecule has 0 bridgehead atoms. The first-order chi connectivity index (χ1) is 20.9. The van der Waals surface area contributed by atoms with Crippen molar-refractivity contribution < 1.29 is 19.2 Å². The second kappa shape index (κ2) is 12.5. The van der Waals surface area contributed by atoms with Gasteiger partial charge in [-0.25, -0.2) is 19.8 Å². The highest BCUT2D eigenvalue weighted by Crippen LogP contribution is 2.35. The maximum Gasteiger partial charge on any atom is 0.338 e. The molecule has 226 valence electrons. The van der Waals surface area contributed by atoms with Gasteiger partial charge in [0.15, 0.2) is 9.96 Å². The number of hydrogen-bond donors (Lipinski definition) is 0. The molecule has 0 unspecified atom stereocenters. The summed E-state index contributed by atoms with van der Waals surface area (Å²) in [4.78, 5) is 52.9. The minimum absolute atomic E-state index is 0.134. The van der Waals surface area contributed by atoms with Gasteiger partial charge >= 0.3 is 5.97 Å². The number of thiazole rings is 1. The molecule has 1 aliphatic heterocycles. The molecular weight excluding hydrogens is 603 g/mol. The fourth-order valence-corrected chi connectivity index (χ4v) is 6.80. The highest BCUT2D eigenvalue weighted by Gasteiger charge is 2.34. The van der Waals surface area contributed by atoms with Crippen LogP contribution in [-0.4, -0.2) is 38.6 Å². The van der Waals surface area contributed by atoms with Crippen molar-refractivity contribution in [1.82, 2.24) is 14.5 Å². The second-order valence-electron chi connectivity index (χ2n) is 10.3. The number of fused-ring (bicyclic) bond motifs is 1. The number of esters is 1. The summed E-state index contributed by atoms with van der Waals surface area (Å²) in [5.74, 6) is 0.0633. The summed E-state index contributed by atoms with van der Waals surface area (Å²) >= 11 is 2.25. The molecule has 44 heavy (non-hydrogen) atoms. The monoisotopic (exact) mass is 631 g/mol. The van der Waals surface area contributed by atoms with Gasteiger partial charge in [-0.15, -0.1) is 0 Å². The Kier molecular flexibility index (Phi) is 8.79. The Bertz CT molecular complexity index is 1980. The van der Waals surface area contributed by atoms with Crippen LogP contribution in [0.3, 0.4) is 0 Å². The van der Waals surface area contributed by atoms with Gasteiger partial charge in [0.1, 0.15) is 5.75 Å². The van der Waals surface area contributed by atoms with Crippen molar-refractivity contribution in [2.75, 3.05) is 7.11 Å². The van der Waals surface area contributed by atoms with Crippen LogP contribution in [0.2, 0.25) is 0 Å². The quantitative estimate of drug-likeness (QED) is 0.118. The number of ether oxygens (including phenoxy) is 2. The van der Waals surface area contributed by atoms with Crippen LogP contribution in [0.4, 0.5) is 5.69 Å². The van der Waals surface area contributed by atoms with Crippen LogP contribution in [0.1, 0.15) is 49.3 Å². The number of methoxy groups -OCH3 is 1. The first-order valence-corrected chi connectivity index (χ1v) is 15.2. The molecule has 3 heterocycles. The van der Waals surface area contributed by atoms with Gasteiger partial charge in [-0.05, 0) is 87.8 Å². The molecule has 0 saturated heterocycles. The first-order valence-electron chi connectivity index (χ1n) is 13.6. The summed E-state index contributed by atoms with van der Waals surface area (Å²) in [6.45, 7) is 8.89. The lowest BCUT2D eigenvalue weighted by molar-refractivity contribution is -0.387. The van der Waals surface area contributed by atoms with E-state index < -0.39 is 16.9 Å². The fourth-order valence-electron chi connectivity index (χ4n) is 4.80. The zero-order valence-electron chi connectivity index (χ0n) is 24.9. The first kappa shape index (κ1) is 30.8. The number of hydrogen-bond acceptors (Lipinski definition) is 11. The van der Waals surface area contributed by atoms with Crippen molar-refractivity contribution in [3.05, 3.63) is 112 Å². The van der Waals surface area contributed by atoms with Crippen molar-refractivity contribution in [2.24, 2.45) is 4.99 Å². The molecule has 2 aromatic carbocycles. The van der Waals surface area contributed by atoms with Crippen molar-refractivity contribution in [3.8, 4) is 5.75 Å². The van der Waals surface area contributed by atoms with E-state index in [-0.39, 0.29) is 22.9 Å². The fraction of sp³-hybridized carbons (Fsp3) is 0.258. The standard InChI is InChI=1S/C31H29N5O6S2/c1-16(2)42-29(38)26-19(5)34-31-35(27(26)21-8-10-22(41-6)11-9-21)28(37)25(44-31)15-20-7-12-24(23(14-20)36(39)40)43-30-32-17(3)13-18(4)33-30/h7-16,27H,1-6H3/b25-15+/t27-/m1/s1. The lowest BCUT2D eigenvalue weighted by atomic mass is 9.96. The molecule has 0 fully saturated rings. The molecule has 0 N–H and O–H groups in total. The summed E-state index contributed by atoms with van der Waals surface area (Å²) in [6.07, 6.45) is 1.22. The average molecular weight is 632 g/mol. The normalized spacial score (nSPS) is 14.8. The maximum absolute atomic E-state index is 13.9. The molecule has 0 radical (unpaired) electrons. The summed E-state index contributed by atoms with van der Waals surface area (Å²) in [5.41, 5.74) is 2.84. The van der Waals surface area contributed by atoms with Crippen LogP contribution in [0, 0.1) is 24.0 Å². The molecule has 0 amide bonds. The number of rotatable bonds is 8. The zero-order chi connectivity index (χ0) is 31.7. The molecule has 0 saturated carbocycles. The van der Waals surface area contributed by atoms with E-state index in [1.165, 1.54) is 10.6 Å². The smallest absolute Gasteiger partial charge is 0.338 e. The highest BCUT2D eigenvalue weighted by atomic mass is 32.2. The maximum atomic E-state index is 13.9. The molecule has 1 atom stereocenters. The molecular formula is C31H29N5O6S2. The minimum Gasteiger partial charge on any atom is -0.497 e. The van der Waals surface area contributed by atoms with E-state index in [0.29, 0.717) is 42.0 Å². The Morgan fingerprint density at radius 2 is 1.77 bits per heavy atom. The molecule has 11 nitrogen and oxygen atoms in total. The average Bonchev–Trinajstić information content (AvgIpc) is 3.25. The lowest BCUT2D eigenvalue weighted by Crippen LogP contribution is -2.40. The van der Waals surface area contributed by atoms with Gasteiger partial charge in [-0.1, -0.05) is 29.5 Å². The second-order valence-corrected chi connectivity index (χ2v) is 12.3. The lowest BCUT2D eigenvalue weighted by Gasteiger charge is -2.25. The van der Waals surface area contributed by atoms with Gasteiger partial charge < -0.3 is 9.47 Å². The number of allylic oxidation sites excluding steroid dienone is 1. The Hall–Kier alpha value is -4.62. The summed E-state index contributed by atoms with van der Waals surface area (Å²) < 4.78 is 12.6. The third kappa shape index (κ3) is 6.33. The van der Waals surface area contributed by atoms with Crippen LogP contribution >= 0.6 is 23.1 Å². The van der Waals surface area contributed by atoms with E-state index in [0.717, 1.165) is 34.5 Å². The van der Waals surface area contributed by atoms with E-state index in [9.17, 15) is 19.7 Å². The van der Waals surface area contributed by atoms with Gasteiger partial charge in [0.2, 0.25) is 0 Å². The number of nitro groups is 1.